The molecule has 0 aromatic heterocycles. The van der Waals surface area contributed by atoms with Gasteiger partial charge >= 0.3 is 0 Å². The number of aryl methyl sites for hydroxylation is 2. The molecule has 0 spiro atoms. The maximum atomic E-state index is 2.42. The molecule has 0 saturated heterocycles. The molecule has 0 nitrogen and oxygen atoms in total. The second kappa shape index (κ2) is 3.37. The molecule has 1 saturated carbocycles. The quantitative estimate of drug-likeness (QED) is 0.673. The van der Waals surface area contributed by atoms with Crippen molar-refractivity contribution in [3.8, 4) is 0 Å². The molecule has 82 valence electrons. The number of hydrogen-bond donors (Lipinski definition) is 0. The van der Waals surface area contributed by atoms with Gasteiger partial charge in [0.2, 0.25) is 0 Å². The Morgan fingerprint density at radius 1 is 1.13 bits per heavy atom. The Morgan fingerprint density at radius 2 is 1.67 bits per heavy atom. The van der Waals surface area contributed by atoms with Crippen LogP contribution in [0, 0.1) is 25.7 Å². The molecule has 0 radical (unpaired) electrons. The molecule has 2 unspecified atom stereocenters. The minimum absolute atomic E-state index is 0.463. The Morgan fingerprint density at radius 3 is 2.07 bits per heavy atom. The summed E-state index contributed by atoms with van der Waals surface area (Å²) >= 11 is 0. The molecule has 0 bridgehead atoms. The van der Waals surface area contributed by atoms with Crippen LogP contribution in [0.4, 0.5) is 0 Å². The van der Waals surface area contributed by atoms with Gasteiger partial charge in [0.05, 0.1) is 0 Å². The third kappa shape index (κ3) is 1.82. The minimum Gasteiger partial charge on any atom is -0.0625 e. The van der Waals surface area contributed by atoms with E-state index in [9.17, 15) is 0 Å². The molecule has 15 heavy (non-hydrogen) atoms. The molecule has 0 N–H and O–H groups in total. The van der Waals surface area contributed by atoms with Crippen LogP contribution < -0.4 is 0 Å². The summed E-state index contributed by atoms with van der Waals surface area (Å²) in [4.78, 5) is 0. The van der Waals surface area contributed by atoms with Crippen LogP contribution in [-0.2, 0) is 5.41 Å². The summed E-state index contributed by atoms with van der Waals surface area (Å²) in [7, 11) is 0. The smallest absolute Gasteiger partial charge is 0.00410 e. The lowest BCUT2D eigenvalue weighted by atomic mass is 9.89. The molecule has 0 aliphatic heterocycles. The average Bonchev–Trinajstić information content (AvgIpc) is 2.78. The summed E-state index contributed by atoms with van der Waals surface area (Å²) in [5.41, 5.74) is 4.82. The Hall–Kier alpha value is -0.780. The molecule has 1 aromatic rings. The van der Waals surface area contributed by atoms with Crippen molar-refractivity contribution in [1.29, 1.82) is 0 Å². The van der Waals surface area contributed by atoms with Crippen molar-refractivity contribution >= 4 is 0 Å². The van der Waals surface area contributed by atoms with Crippen LogP contribution in [0.15, 0.2) is 18.2 Å². The van der Waals surface area contributed by atoms with Gasteiger partial charge in [-0.05, 0) is 43.1 Å². The first kappa shape index (κ1) is 10.7. The second-order valence-corrected chi connectivity index (χ2v) is 5.85. The van der Waals surface area contributed by atoms with Crippen LogP contribution in [0.2, 0.25) is 0 Å². The zero-order valence-electron chi connectivity index (χ0n) is 10.6. The zero-order valence-corrected chi connectivity index (χ0v) is 10.6. The highest BCUT2D eigenvalue weighted by Crippen LogP contribution is 2.57. The van der Waals surface area contributed by atoms with E-state index in [1.807, 2.05) is 0 Å². The van der Waals surface area contributed by atoms with Gasteiger partial charge in [0.25, 0.3) is 0 Å². The fraction of sp³-hybridized carbons (Fsp3) is 0.600. The van der Waals surface area contributed by atoms with E-state index in [1.165, 1.54) is 17.5 Å². The van der Waals surface area contributed by atoms with Gasteiger partial charge in [-0.15, -0.1) is 0 Å². The Kier molecular flexibility index (Phi) is 2.41. The fourth-order valence-electron chi connectivity index (χ4n) is 3.01. The second-order valence-electron chi connectivity index (χ2n) is 5.85. The first-order chi connectivity index (χ1) is 6.93. The lowest BCUT2D eigenvalue weighted by molar-refractivity contribution is 0.499. The molecule has 1 aliphatic carbocycles. The standard InChI is InChI=1S/C15H22/c1-10(2)14-9-15(14,5)13-7-11(3)6-12(4)8-13/h6-8,10,14H,9H2,1-5H3. The Bertz CT molecular complexity index is 355. The van der Waals surface area contributed by atoms with Crippen LogP contribution in [0.1, 0.15) is 43.9 Å². The lowest BCUT2D eigenvalue weighted by Crippen LogP contribution is -2.08. The normalized spacial score (nSPS) is 29.6. The van der Waals surface area contributed by atoms with Crippen molar-refractivity contribution in [1.82, 2.24) is 0 Å². The average molecular weight is 202 g/mol. The van der Waals surface area contributed by atoms with Gasteiger partial charge in [-0.1, -0.05) is 50.1 Å². The predicted octanol–water partition coefficient (Wildman–Crippen LogP) is 4.24. The van der Waals surface area contributed by atoms with Crippen LogP contribution in [0.5, 0.6) is 0 Å². The Labute approximate surface area is 93.7 Å². The third-order valence-electron chi connectivity index (χ3n) is 3.99. The number of benzene rings is 1. The van der Waals surface area contributed by atoms with Gasteiger partial charge in [0, 0.05) is 0 Å². The Balaban J connectivity index is 2.32. The van der Waals surface area contributed by atoms with Gasteiger partial charge in [0.15, 0.2) is 0 Å². The van der Waals surface area contributed by atoms with E-state index in [2.05, 4.69) is 52.8 Å². The van der Waals surface area contributed by atoms with Gasteiger partial charge in [-0.25, -0.2) is 0 Å². The maximum Gasteiger partial charge on any atom is -0.00410 e. The highest BCUT2D eigenvalue weighted by molar-refractivity contribution is 5.38. The van der Waals surface area contributed by atoms with Gasteiger partial charge in [0.1, 0.15) is 0 Å². The topological polar surface area (TPSA) is 0 Å². The van der Waals surface area contributed by atoms with Gasteiger partial charge in [-0.2, -0.15) is 0 Å². The predicted molar refractivity (Wildman–Crippen MR) is 66.2 cm³/mol. The highest BCUT2D eigenvalue weighted by Gasteiger charge is 2.52. The fourth-order valence-corrected chi connectivity index (χ4v) is 3.01. The molecular formula is C15H22. The van der Waals surface area contributed by atoms with Crippen molar-refractivity contribution in [2.45, 2.75) is 46.5 Å². The van der Waals surface area contributed by atoms with E-state index in [-0.39, 0.29) is 0 Å². The molecule has 0 heteroatoms. The summed E-state index contributed by atoms with van der Waals surface area (Å²) in [5, 5.41) is 0. The molecule has 1 aromatic carbocycles. The molecule has 2 atom stereocenters. The summed E-state index contributed by atoms with van der Waals surface area (Å²) in [6.45, 7) is 11.5. The molecule has 0 heterocycles. The van der Waals surface area contributed by atoms with E-state index >= 15 is 0 Å². The SMILES string of the molecule is Cc1cc(C)cc(C2(C)CC2C(C)C)c1. The van der Waals surface area contributed by atoms with Crippen LogP contribution >= 0.6 is 0 Å². The van der Waals surface area contributed by atoms with E-state index in [4.69, 9.17) is 0 Å². The van der Waals surface area contributed by atoms with Gasteiger partial charge in [-0.3, -0.25) is 0 Å². The summed E-state index contributed by atoms with van der Waals surface area (Å²) in [6.07, 6.45) is 1.37. The largest absolute Gasteiger partial charge is 0.0625 e. The summed E-state index contributed by atoms with van der Waals surface area (Å²) in [6, 6.07) is 7.00. The van der Waals surface area contributed by atoms with Crippen molar-refractivity contribution in [3.05, 3.63) is 34.9 Å². The minimum atomic E-state index is 0.463. The van der Waals surface area contributed by atoms with Gasteiger partial charge < -0.3 is 0 Å². The third-order valence-corrected chi connectivity index (χ3v) is 3.99. The number of rotatable bonds is 2. The molecule has 1 aliphatic rings. The summed E-state index contributed by atoms with van der Waals surface area (Å²) in [5.74, 6) is 1.70. The first-order valence-corrected chi connectivity index (χ1v) is 6.02. The van der Waals surface area contributed by atoms with E-state index in [0.29, 0.717) is 5.41 Å². The zero-order chi connectivity index (χ0) is 11.2. The van der Waals surface area contributed by atoms with Crippen molar-refractivity contribution < 1.29 is 0 Å². The van der Waals surface area contributed by atoms with E-state index in [0.717, 1.165) is 11.8 Å². The van der Waals surface area contributed by atoms with Crippen molar-refractivity contribution in [2.24, 2.45) is 11.8 Å². The molecule has 0 amide bonds. The maximum absolute atomic E-state index is 2.42. The lowest BCUT2D eigenvalue weighted by Gasteiger charge is -2.15. The molecule has 2 rings (SSSR count). The first-order valence-electron chi connectivity index (χ1n) is 6.02. The van der Waals surface area contributed by atoms with E-state index in [1.54, 1.807) is 5.56 Å². The summed E-state index contributed by atoms with van der Waals surface area (Å²) < 4.78 is 0. The highest BCUT2D eigenvalue weighted by atomic mass is 14.6. The van der Waals surface area contributed by atoms with Crippen molar-refractivity contribution in [2.75, 3.05) is 0 Å². The number of hydrogen-bond acceptors (Lipinski definition) is 0. The monoisotopic (exact) mass is 202 g/mol. The van der Waals surface area contributed by atoms with Crippen LogP contribution in [-0.4, -0.2) is 0 Å². The molecule has 1 fully saturated rings. The van der Waals surface area contributed by atoms with Crippen molar-refractivity contribution in [3.63, 3.8) is 0 Å². The van der Waals surface area contributed by atoms with Crippen LogP contribution in [0.25, 0.3) is 0 Å². The van der Waals surface area contributed by atoms with Crippen LogP contribution in [0.3, 0.4) is 0 Å². The van der Waals surface area contributed by atoms with E-state index < -0.39 is 0 Å². The molecular weight excluding hydrogens is 180 g/mol.